The first kappa shape index (κ1) is 13.1. The van der Waals surface area contributed by atoms with Gasteiger partial charge in [-0.05, 0) is 43.7 Å². The highest BCUT2D eigenvalue weighted by molar-refractivity contribution is 5.21. The maximum Gasteiger partial charge on any atom is 0.0218 e. The van der Waals surface area contributed by atoms with Gasteiger partial charge in [-0.15, -0.1) is 0 Å². The van der Waals surface area contributed by atoms with Gasteiger partial charge in [0, 0.05) is 25.2 Å². The fourth-order valence-electron chi connectivity index (χ4n) is 3.24. The highest BCUT2D eigenvalue weighted by atomic mass is 15.2. The summed E-state index contributed by atoms with van der Waals surface area (Å²) in [6.45, 7) is 6.02. The second-order valence-electron chi connectivity index (χ2n) is 6.14. The lowest BCUT2D eigenvalue weighted by molar-refractivity contribution is 0.226. The van der Waals surface area contributed by atoms with Gasteiger partial charge < -0.3 is 5.32 Å². The Bertz CT molecular complexity index is 386. The van der Waals surface area contributed by atoms with Crippen molar-refractivity contribution in [1.82, 2.24) is 10.2 Å². The average molecular weight is 258 g/mol. The predicted octanol–water partition coefficient (Wildman–Crippen LogP) is 3.01. The summed E-state index contributed by atoms with van der Waals surface area (Å²) in [5.74, 6) is 0.746. The van der Waals surface area contributed by atoms with Crippen LogP contribution in [0, 0.1) is 0 Å². The standard InChI is InChI=1S/C17H26N2/c1-2-17(12-18-16-8-9-16)19-11-10-15(13-19)14-6-4-3-5-7-14/h3-7,15-18H,2,8-13H2,1H3. The molecule has 104 valence electrons. The smallest absolute Gasteiger partial charge is 0.0218 e. The number of hydrogen-bond donors (Lipinski definition) is 1. The number of likely N-dealkylation sites (tertiary alicyclic amines) is 1. The minimum atomic E-state index is 0.731. The molecule has 2 aliphatic rings. The minimum Gasteiger partial charge on any atom is -0.312 e. The number of benzene rings is 1. The molecule has 1 saturated heterocycles. The summed E-state index contributed by atoms with van der Waals surface area (Å²) in [6, 6.07) is 12.6. The summed E-state index contributed by atoms with van der Waals surface area (Å²) in [6.07, 6.45) is 5.37. The summed E-state index contributed by atoms with van der Waals surface area (Å²) in [5.41, 5.74) is 1.52. The average Bonchev–Trinajstić information content (AvgIpc) is 3.16. The molecule has 2 fully saturated rings. The molecule has 0 aromatic heterocycles. The van der Waals surface area contributed by atoms with Crippen molar-refractivity contribution >= 4 is 0 Å². The van der Waals surface area contributed by atoms with Crippen LogP contribution in [-0.2, 0) is 0 Å². The van der Waals surface area contributed by atoms with Crippen LogP contribution in [0.5, 0.6) is 0 Å². The highest BCUT2D eigenvalue weighted by Crippen LogP contribution is 2.29. The number of nitrogens with one attached hydrogen (secondary N) is 1. The molecule has 1 N–H and O–H groups in total. The molecule has 2 nitrogen and oxygen atoms in total. The van der Waals surface area contributed by atoms with Crippen LogP contribution in [0.2, 0.25) is 0 Å². The van der Waals surface area contributed by atoms with E-state index in [-0.39, 0.29) is 0 Å². The quantitative estimate of drug-likeness (QED) is 0.844. The first-order valence-corrected chi connectivity index (χ1v) is 7.89. The van der Waals surface area contributed by atoms with Gasteiger partial charge in [0.2, 0.25) is 0 Å². The molecular formula is C17H26N2. The molecule has 2 heteroatoms. The van der Waals surface area contributed by atoms with Crippen LogP contribution in [-0.4, -0.2) is 36.6 Å². The summed E-state index contributed by atoms with van der Waals surface area (Å²) < 4.78 is 0. The van der Waals surface area contributed by atoms with Crippen LogP contribution >= 0.6 is 0 Å². The Kier molecular flexibility index (Phi) is 4.19. The molecule has 1 aromatic rings. The monoisotopic (exact) mass is 258 g/mol. The second kappa shape index (κ2) is 6.06. The molecule has 1 aliphatic heterocycles. The molecule has 0 amide bonds. The Morgan fingerprint density at radius 3 is 2.68 bits per heavy atom. The van der Waals surface area contributed by atoms with Crippen LogP contribution in [0.4, 0.5) is 0 Å². The molecule has 0 bridgehead atoms. The van der Waals surface area contributed by atoms with Crippen LogP contribution < -0.4 is 5.32 Å². The molecule has 19 heavy (non-hydrogen) atoms. The molecule has 1 saturated carbocycles. The summed E-state index contributed by atoms with van der Waals surface area (Å²) in [7, 11) is 0. The van der Waals surface area contributed by atoms with Gasteiger partial charge >= 0.3 is 0 Å². The van der Waals surface area contributed by atoms with Gasteiger partial charge in [-0.1, -0.05) is 37.3 Å². The van der Waals surface area contributed by atoms with Crippen molar-refractivity contribution in [2.24, 2.45) is 0 Å². The maximum absolute atomic E-state index is 3.70. The first-order chi connectivity index (χ1) is 9.36. The Hall–Kier alpha value is -0.860. The lowest BCUT2D eigenvalue weighted by Gasteiger charge is -2.27. The van der Waals surface area contributed by atoms with Gasteiger partial charge in [0.15, 0.2) is 0 Å². The molecule has 1 aliphatic carbocycles. The van der Waals surface area contributed by atoms with Gasteiger partial charge in [-0.2, -0.15) is 0 Å². The fourth-order valence-corrected chi connectivity index (χ4v) is 3.24. The van der Waals surface area contributed by atoms with E-state index in [1.54, 1.807) is 0 Å². The van der Waals surface area contributed by atoms with Crippen molar-refractivity contribution < 1.29 is 0 Å². The van der Waals surface area contributed by atoms with Crippen molar-refractivity contribution in [2.75, 3.05) is 19.6 Å². The van der Waals surface area contributed by atoms with E-state index in [2.05, 4.69) is 47.5 Å². The van der Waals surface area contributed by atoms with Crippen LogP contribution in [0.1, 0.15) is 44.1 Å². The zero-order valence-corrected chi connectivity index (χ0v) is 12.0. The van der Waals surface area contributed by atoms with Crippen molar-refractivity contribution in [3.05, 3.63) is 35.9 Å². The minimum absolute atomic E-state index is 0.731. The van der Waals surface area contributed by atoms with E-state index in [0.717, 1.165) is 18.0 Å². The summed E-state index contributed by atoms with van der Waals surface area (Å²) >= 11 is 0. The van der Waals surface area contributed by atoms with Crippen LogP contribution in [0.15, 0.2) is 30.3 Å². The van der Waals surface area contributed by atoms with Crippen molar-refractivity contribution in [3.8, 4) is 0 Å². The van der Waals surface area contributed by atoms with Gasteiger partial charge in [0.05, 0.1) is 0 Å². The third-order valence-electron chi connectivity index (χ3n) is 4.70. The van der Waals surface area contributed by atoms with Crippen molar-refractivity contribution in [3.63, 3.8) is 0 Å². The molecule has 2 unspecified atom stereocenters. The van der Waals surface area contributed by atoms with Crippen LogP contribution in [0.25, 0.3) is 0 Å². The zero-order chi connectivity index (χ0) is 13.1. The molecule has 0 spiro atoms. The topological polar surface area (TPSA) is 15.3 Å². The molecule has 1 heterocycles. The second-order valence-corrected chi connectivity index (χ2v) is 6.14. The van der Waals surface area contributed by atoms with Gasteiger partial charge in [0.25, 0.3) is 0 Å². The third-order valence-corrected chi connectivity index (χ3v) is 4.70. The lowest BCUT2D eigenvalue weighted by atomic mass is 9.99. The van der Waals surface area contributed by atoms with Crippen molar-refractivity contribution in [1.29, 1.82) is 0 Å². The Labute approximate surface area is 117 Å². The summed E-state index contributed by atoms with van der Waals surface area (Å²) in [4.78, 5) is 2.70. The van der Waals surface area contributed by atoms with E-state index in [1.807, 2.05) is 0 Å². The Morgan fingerprint density at radius 2 is 2.00 bits per heavy atom. The highest BCUT2D eigenvalue weighted by Gasteiger charge is 2.29. The maximum atomic E-state index is 3.70. The first-order valence-electron chi connectivity index (χ1n) is 7.89. The fraction of sp³-hybridized carbons (Fsp3) is 0.647. The van der Waals surface area contributed by atoms with Gasteiger partial charge in [-0.3, -0.25) is 4.90 Å². The molecule has 2 atom stereocenters. The van der Waals surface area contributed by atoms with E-state index in [1.165, 1.54) is 50.9 Å². The molecule has 0 radical (unpaired) electrons. The van der Waals surface area contributed by atoms with E-state index >= 15 is 0 Å². The number of nitrogens with zero attached hydrogens (tertiary/aromatic N) is 1. The molecule has 1 aromatic carbocycles. The predicted molar refractivity (Wildman–Crippen MR) is 80.5 cm³/mol. The van der Waals surface area contributed by atoms with Crippen molar-refractivity contribution in [2.45, 2.75) is 50.6 Å². The molecule has 3 rings (SSSR count). The number of hydrogen-bond acceptors (Lipinski definition) is 2. The van der Waals surface area contributed by atoms with E-state index in [9.17, 15) is 0 Å². The Morgan fingerprint density at radius 1 is 1.21 bits per heavy atom. The third kappa shape index (κ3) is 3.37. The van der Waals surface area contributed by atoms with E-state index in [0.29, 0.717) is 0 Å². The van der Waals surface area contributed by atoms with E-state index in [4.69, 9.17) is 0 Å². The SMILES string of the molecule is CCC(CNC1CC1)N1CCC(c2ccccc2)C1. The largest absolute Gasteiger partial charge is 0.312 e. The Balaban J connectivity index is 1.54. The molecular weight excluding hydrogens is 232 g/mol. The lowest BCUT2D eigenvalue weighted by Crippen LogP contribution is -2.41. The van der Waals surface area contributed by atoms with Gasteiger partial charge in [-0.25, -0.2) is 0 Å². The van der Waals surface area contributed by atoms with E-state index < -0.39 is 0 Å². The number of rotatable bonds is 6. The van der Waals surface area contributed by atoms with Crippen LogP contribution in [0.3, 0.4) is 0 Å². The van der Waals surface area contributed by atoms with Gasteiger partial charge in [0.1, 0.15) is 0 Å². The normalized spacial score (nSPS) is 25.6. The zero-order valence-electron chi connectivity index (χ0n) is 12.0. The summed E-state index contributed by atoms with van der Waals surface area (Å²) in [5, 5.41) is 3.70.